The van der Waals surface area contributed by atoms with Crippen molar-refractivity contribution in [1.29, 1.82) is 0 Å². The summed E-state index contributed by atoms with van der Waals surface area (Å²) in [6, 6.07) is 15.1. The minimum Gasteiger partial charge on any atom is -0.490 e. The predicted molar refractivity (Wildman–Crippen MR) is 105 cm³/mol. The Labute approximate surface area is 158 Å². The van der Waals surface area contributed by atoms with Crippen LogP contribution in [-0.4, -0.2) is 36.0 Å². The molecule has 134 valence electrons. The van der Waals surface area contributed by atoms with Crippen molar-refractivity contribution in [2.24, 2.45) is 0 Å². The first-order chi connectivity index (χ1) is 12.5. The van der Waals surface area contributed by atoms with Crippen molar-refractivity contribution in [2.75, 3.05) is 20.2 Å². The fourth-order valence-electron chi connectivity index (χ4n) is 2.81. The van der Waals surface area contributed by atoms with Gasteiger partial charge in [0.25, 0.3) is 5.91 Å². The SMILES string of the molecule is Cc1ccc2nc(C)cc(C(=O)N(C)CCOc3ccccc3Cl)c2c1. The topological polar surface area (TPSA) is 42.4 Å². The average Bonchev–Trinajstić information content (AvgIpc) is 2.62. The summed E-state index contributed by atoms with van der Waals surface area (Å²) >= 11 is 6.08. The van der Waals surface area contributed by atoms with Crippen molar-refractivity contribution in [3.63, 3.8) is 0 Å². The fraction of sp³-hybridized carbons (Fsp3) is 0.238. The van der Waals surface area contributed by atoms with Gasteiger partial charge in [-0.25, -0.2) is 0 Å². The van der Waals surface area contributed by atoms with Gasteiger partial charge in [-0.05, 0) is 44.2 Å². The first-order valence-corrected chi connectivity index (χ1v) is 8.84. The molecule has 3 rings (SSSR count). The lowest BCUT2D eigenvalue weighted by molar-refractivity contribution is 0.0775. The standard InChI is InChI=1S/C21H21ClN2O2/c1-14-8-9-19-16(12-14)17(13-15(2)23-19)21(25)24(3)10-11-26-20-7-5-4-6-18(20)22/h4-9,12-13H,10-11H2,1-3H3. The van der Waals surface area contributed by atoms with Crippen molar-refractivity contribution in [1.82, 2.24) is 9.88 Å². The summed E-state index contributed by atoms with van der Waals surface area (Å²) in [6.07, 6.45) is 0. The van der Waals surface area contributed by atoms with E-state index in [0.717, 1.165) is 22.2 Å². The van der Waals surface area contributed by atoms with Gasteiger partial charge < -0.3 is 9.64 Å². The molecule has 0 bridgehead atoms. The molecule has 26 heavy (non-hydrogen) atoms. The Morgan fingerprint density at radius 3 is 2.69 bits per heavy atom. The van der Waals surface area contributed by atoms with Crippen LogP contribution in [-0.2, 0) is 0 Å². The molecule has 0 atom stereocenters. The first kappa shape index (κ1) is 18.2. The molecule has 0 aliphatic rings. The predicted octanol–water partition coefficient (Wildman–Crippen LogP) is 4.66. The second-order valence-corrected chi connectivity index (χ2v) is 6.74. The summed E-state index contributed by atoms with van der Waals surface area (Å²) < 4.78 is 5.69. The highest BCUT2D eigenvalue weighted by atomic mass is 35.5. The number of pyridine rings is 1. The van der Waals surface area contributed by atoms with Gasteiger partial charge in [-0.1, -0.05) is 35.4 Å². The molecule has 5 heteroatoms. The van der Waals surface area contributed by atoms with Crippen LogP contribution in [0, 0.1) is 13.8 Å². The summed E-state index contributed by atoms with van der Waals surface area (Å²) in [6.45, 7) is 4.73. The molecule has 3 aromatic rings. The zero-order valence-electron chi connectivity index (χ0n) is 15.1. The van der Waals surface area contributed by atoms with Crippen molar-refractivity contribution < 1.29 is 9.53 Å². The maximum Gasteiger partial charge on any atom is 0.254 e. The molecule has 0 N–H and O–H groups in total. The van der Waals surface area contributed by atoms with Crippen LogP contribution in [0.5, 0.6) is 5.75 Å². The quantitative estimate of drug-likeness (QED) is 0.658. The number of benzene rings is 2. The number of para-hydroxylation sites is 1. The number of ether oxygens (including phenoxy) is 1. The minimum absolute atomic E-state index is 0.0474. The molecule has 4 nitrogen and oxygen atoms in total. The molecule has 1 aromatic heterocycles. The molecule has 0 saturated heterocycles. The highest BCUT2D eigenvalue weighted by Crippen LogP contribution is 2.23. The lowest BCUT2D eigenvalue weighted by Gasteiger charge is -2.19. The Hall–Kier alpha value is -2.59. The highest BCUT2D eigenvalue weighted by molar-refractivity contribution is 6.32. The maximum atomic E-state index is 12.9. The van der Waals surface area contributed by atoms with E-state index in [1.54, 1.807) is 18.0 Å². The van der Waals surface area contributed by atoms with Crippen LogP contribution in [0.4, 0.5) is 0 Å². The van der Waals surface area contributed by atoms with Crippen molar-refractivity contribution in [3.05, 3.63) is 70.4 Å². The number of hydrogen-bond donors (Lipinski definition) is 0. The van der Waals surface area contributed by atoms with Gasteiger partial charge >= 0.3 is 0 Å². The average molecular weight is 369 g/mol. The summed E-state index contributed by atoms with van der Waals surface area (Å²) in [5, 5.41) is 1.44. The number of rotatable bonds is 5. The Bertz CT molecular complexity index is 956. The van der Waals surface area contributed by atoms with Crippen LogP contribution in [0.1, 0.15) is 21.6 Å². The molecule has 0 saturated carbocycles. The number of halogens is 1. The molecule has 0 aliphatic carbocycles. The monoisotopic (exact) mass is 368 g/mol. The number of fused-ring (bicyclic) bond motifs is 1. The van der Waals surface area contributed by atoms with Crippen LogP contribution in [0.25, 0.3) is 10.9 Å². The van der Waals surface area contributed by atoms with Crippen LogP contribution in [0.2, 0.25) is 5.02 Å². The van der Waals surface area contributed by atoms with E-state index in [1.807, 2.05) is 56.3 Å². The van der Waals surface area contributed by atoms with Gasteiger partial charge in [-0.2, -0.15) is 0 Å². The van der Waals surface area contributed by atoms with Crippen molar-refractivity contribution in [2.45, 2.75) is 13.8 Å². The number of carbonyl (C=O) groups is 1. The second kappa shape index (κ2) is 7.75. The number of aromatic nitrogens is 1. The van der Waals surface area contributed by atoms with E-state index >= 15 is 0 Å². The van der Waals surface area contributed by atoms with Crippen LogP contribution in [0.3, 0.4) is 0 Å². The van der Waals surface area contributed by atoms with E-state index in [4.69, 9.17) is 16.3 Å². The summed E-state index contributed by atoms with van der Waals surface area (Å²) in [4.78, 5) is 19.1. The summed E-state index contributed by atoms with van der Waals surface area (Å²) in [7, 11) is 1.77. The van der Waals surface area contributed by atoms with Crippen LogP contribution in [0.15, 0.2) is 48.5 Å². The summed E-state index contributed by atoms with van der Waals surface area (Å²) in [5.74, 6) is 0.574. The second-order valence-electron chi connectivity index (χ2n) is 6.34. The van der Waals surface area contributed by atoms with Crippen LogP contribution >= 0.6 is 11.6 Å². The van der Waals surface area contributed by atoms with Gasteiger partial charge in [-0.15, -0.1) is 0 Å². The van der Waals surface area contributed by atoms with E-state index in [1.165, 1.54) is 0 Å². The Balaban J connectivity index is 1.75. The van der Waals surface area contributed by atoms with Gasteiger partial charge in [0, 0.05) is 18.1 Å². The lowest BCUT2D eigenvalue weighted by atomic mass is 10.0. The van der Waals surface area contributed by atoms with Gasteiger partial charge in [0.1, 0.15) is 12.4 Å². The Morgan fingerprint density at radius 1 is 1.15 bits per heavy atom. The smallest absolute Gasteiger partial charge is 0.254 e. The molecule has 0 fully saturated rings. The normalized spacial score (nSPS) is 10.8. The number of carbonyl (C=O) groups excluding carboxylic acids is 1. The number of amides is 1. The largest absolute Gasteiger partial charge is 0.490 e. The lowest BCUT2D eigenvalue weighted by Crippen LogP contribution is -2.31. The van der Waals surface area contributed by atoms with Crippen molar-refractivity contribution in [3.8, 4) is 5.75 Å². The molecule has 2 aromatic carbocycles. The first-order valence-electron chi connectivity index (χ1n) is 8.46. The third-order valence-corrected chi connectivity index (χ3v) is 4.50. The number of nitrogens with zero attached hydrogens (tertiary/aromatic N) is 2. The number of aryl methyl sites for hydroxylation is 2. The maximum absolute atomic E-state index is 12.9. The molecule has 0 aliphatic heterocycles. The molecule has 1 heterocycles. The molecule has 0 spiro atoms. The minimum atomic E-state index is -0.0474. The van der Waals surface area contributed by atoms with E-state index in [9.17, 15) is 4.79 Å². The number of hydrogen-bond acceptors (Lipinski definition) is 3. The zero-order valence-corrected chi connectivity index (χ0v) is 15.9. The fourth-order valence-corrected chi connectivity index (χ4v) is 3.00. The molecule has 0 radical (unpaired) electrons. The third kappa shape index (κ3) is 3.97. The van der Waals surface area contributed by atoms with E-state index in [2.05, 4.69) is 4.98 Å². The molecule has 1 amide bonds. The van der Waals surface area contributed by atoms with Crippen LogP contribution < -0.4 is 4.74 Å². The van der Waals surface area contributed by atoms with E-state index in [-0.39, 0.29) is 5.91 Å². The zero-order chi connectivity index (χ0) is 18.7. The Kier molecular flexibility index (Phi) is 5.43. The third-order valence-electron chi connectivity index (χ3n) is 4.19. The van der Waals surface area contributed by atoms with Gasteiger partial charge in [-0.3, -0.25) is 9.78 Å². The van der Waals surface area contributed by atoms with Gasteiger partial charge in [0.05, 0.1) is 22.6 Å². The highest BCUT2D eigenvalue weighted by Gasteiger charge is 2.16. The van der Waals surface area contributed by atoms with Crippen molar-refractivity contribution >= 4 is 28.4 Å². The molecular weight excluding hydrogens is 348 g/mol. The van der Waals surface area contributed by atoms with Gasteiger partial charge in [0.2, 0.25) is 0 Å². The van der Waals surface area contributed by atoms with E-state index < -0.39 is 0 Å². The van der Waals surface area contributed by atoms with Gasteiger partial charge in [0.15, 0.2) is 0 Å². The molecular formula is C21H21ClN2O2. The number of likely N-dealkylation sites (N-methyl/N-ethyl adjacent to an activating group) is 1. The molecule has 0 unspecified atom stereocenters. The summed E-state index contributed by atoms with van der Waals surface area (Å²) in [5.41, 5.74) is 3.42. The Morgan fingerprint density at radius 2 is 1.92 bits per heavy atom. The van der Waals surface area contributed by atoms with E-state index in [0.29, 0.717) is 29.5 Å².